The number of likely N-dealkylation sites (tertiary alicyclic amines) is 1. The van der Waals surface area contributed by atoms with Crippen molar-refractivity contribution < 1.29 is 14.6 Å². The zero-order chi connectivity index (χ0) is 18.9. The number of hydrogen-bond acceptors (Lipinski definition) is 3. The Balaban J connectivity index is 1.36. The monoisotopic (exact) mass is 366 g/mol. The fourth-order valence-corrected chi connectivity index (χ4v) is 4.69. The number of hydrogen-bond donors (Lipinski definition) is 2. The third-order valence-corrected chi connectivity index (χ3v) is 5.87. The molecule has 1 saturated heterocycles. The van der Waals surface area contributed by atoms with Gasteiger partial charge < -0.3 is 20.1 Å². The number of rotatable bonds is 4. The van der Waals surface area contributed by atoms with Crippen molar-refractivity contribution in [3.8, 4) is 5.75 Å². The Morgan fingerprint density at radius 1 is 1.11 bits per heavy atom. The molecule has 4 rings (SSSR count). The van der Waals surface area contributed by atoms with E-state index in [-0.39, 0.29) is 6.03 Å². The molecule has 5 nitrogen and oxygen atoms in total. The maximum atomic E-state index is 12.7. The number of methoxy groups -OCH3 is 1. The van der Waals surface area contributed by atoms with Crippen molar-refractivity contribution in [2.45, 2.75) is 24.9 Å². The van der Waals surface area contributed by atoms with Crippen LogP contribution in [0, 0.1) is 11.8 Å². The van der Waals surface area contributed by atoms with Gasteiger partial charge in [0.05, 0.1) is 18.4 Å². The molecule has 2 aliphatic rings. The number of carbonyl (C=O) groups excluding carboxylic acids is 1. The number of benzene rings is 2. The largest absolute Gasteiger partial charge is 0.495 e. The molecule has 2 aromatic carbocycles. The fraction of sp³-hybridized carbons (Fsp3) is 0.409. The molecule has 1 unspecified atom stereocenters. The highest BCUT2D eigenvalue weighted by atomic mass is 16.5. The van der Waals surface area contributed by atoms with Gasteiger partial charge in [0.2, 0.25) is 0 Å². The maximum absolute atomic E-state index is 12.7. The van der Waals surface area contributed by atoms with Crippen LogP contribution in [0.2, 0.25) is 0 Å². The minimum absolute atomic E-state index is 0.0968. The van der Waals surface area contributed by atoms with Crippen LogP contribution in [-0.4, -0.2) is 41.8 Å². The molecule has 2 fully saturated rings. The summed E-state index contributed by atoms with van der Waals surface area (Å²) in [4.78, 5) is 14.5. The van der Waals surface area contributed by atoms with E-state index in [9.17, 15) is 9.90 Å². The van der Waals surface area contributed by atoms with Crippen LogP contribution in [0.1, 0.15) is 18.4 Å². The number of para-hydroxylation sites is 2. The molecule has 2 aromatic rings. The normalized spacial score (nSPS) is 26.7. The first-order valence-corrected chi connectivity index (χ1v) is 9.51. The number of ether oxygens (including phenoxy) is 1. The van der Waals surface area contributed by atoms with Crippen molar-refractivity contribution in [2.24, 2.45) is 11.8 Å². The highest BCUT2D eigenvalue weighted by molar-refractivity contribution is 5.91. The van der Waals surface area contributed by atoms with Gasteiger partial charge in [0.25, 0.3) is 0 Å². The lowest BCUT2D eigenvalue weighted by molar-refractivity contribution is 0.0368. The van der Waals surface area contributed by atoms with E-state index in [1.807, 2.05) is 47.4 Å². The van der Waals surface area contributed by atoms with Crippen LogP contribution in [0.4, 0.5) is 10.5 Å². The van der Waals surface area contributed by atoms with Crippen molar-refractivity contribution >= 4 is 11.7 Å². The van der Waals surface area contributed by atoms with Gasteiger partial charge in [-0.1, -0.05) is 42.5 Å². The van der Waals surface area contributed by atoms with Crippen LogP contribution in [0.5, 0.6) is 5.75 Å². The second kappa shape index (κ2) is 7.24. The number of anilines is 1. The highest BCUT2D eigenvalue weighted by Gasteiger charge is 2.49. The summed E-state index contributed by atoms with van der Waals surface area (Å²) >= 11 is 0. The standard InChI is InChI=1S/C22H26N2O3/c1-27-20-10-6-5-9-19(20)23-21(25)24-14-17-12-22(26,13-18(17)15-24)11-16-7-3-2-4-8-16/h2-10,17-18,26H,11-15H2,1H3,(H,23,25)/t17-,18+,22?. The molecule has 1 saturated carbocycles. The molecule has 27 heavy (non-hydrogen) atoms. The zero-order valence-electron chi connectivity index (χ0n) is 15.6. The summed E-state index contributed by atoms with van der Waals surface area (Å²) in [5.41, 5.74) is 1.20. The Morgan fingerprint density at radius 3 is 2.41 bits per heavy atom. The Morgan fingerprint density at radius 2 is 1.74 bits per heavy atom. The van der Waals surface area contributed by atoms with Crippen LogP contribution < -0.4 is 10.1 Å². The van der Waals surface area contributed by atoms with E-state index < -0.39 is 5.60 Å². The predicted molar refractivity (Wildman–Crippen MR) is 105 cm³/mol. The van der Waals surface area contributed by atoms with Crippen LogP contribution >= 0.6 is 0 Å². The molecule has 3 atom stereocenters. The maximum Gasteiger partial charge on any atom is 0.321 e. The molecule has 1 heterocycles. The van der Waals surface area contributed by atoms with Gasteiger partial charge in [-0.05, 0) is 42.4 Å². The first-order chi connectivity index (χ1) is 13.1. The lowest BCUT2D eigenvalue weighted by Crippen LogP contribution is -2.36. The zero-order valence-corrected chi connectivity index (χ0v) is 15.6. The first-order valence-electron chi connectivity index (χ1n) is 9.51. The Labute approximate surface area is 160 Å². The summed E-state index contributed by atoms with van der Waals surface area (Å²) < 4.78 is 5.30. The average molecular weight is 366 g/mol. The number of nitrogens with one attached hydrogen (secondary N) is 1. The van der Waals surface area contributed by atoms with E-state index >= 15 is 0 Å². The van der Waals surface area contributed by atoms with Gasteiger partial charge >= 0.3 is 6.03 Å². The van der Waals surface area contributed by atoms with Gasteiger partial charge in [-0.15, -0.1) is 0 Å². The second-order valence-corrected chi connectivity index (χ2v) is 7.85. The summed E-state index contributed by atoms with van der Waals surface area (Å²) in [6.07, 6.45) is 2.20. The second-order valence-electron chi connectivity index (χ2n) is 7.85. The van der Waals surface area contributed by atoms with Gasteiger partial charge in [-0.3, -0.25) is 0 Å². The molecule has 142 valence electrons. The average Bonchev–Trinajstić information content (AvgIpc) is 3.18. The van der Waals surface area contributed by atoms with Crippen molar-refractivity contribution in [3.05, 3.63) is 60.2 Å². The lowest BCUT2D eigenvalue weighted by Gasteiger charge is -2.26. The smallest absolute Gasteiger partial charge is 0.321 e. The van der Waals surface area contributed by atoms with Crippen molar-refractivity contribution in [1.29, 1.82) is 0 Å². The molecule has 5 heteroatoms. The van der Waals surface area contributed by atoms with Gasteiger partial charge in [-0.2, -0.15) is 0 Å². The highest BCUT2D eigenvalue weighted by Crippen LogP contribution is 2.45. The van der Waals surface area contributed by atoms with Crippen molar-refractivity contribution in [3.63, 3.8) is 0 Å². The number of carbonyl (C=O) groups is 1. The van der Waals surface area contributed by atoms with Crippen LogP contribution in [0.25, 0.3) is 0 Å². The topological polar surface area (TPSA) is 61.8 Å². The van der Waals surface area contributed by atoms with Gasteiger partial charge in [0.15, 0.2) is 0 Å². The third-order valence-electron chi connectivity index (χ3n) is 5.87. The molecular weight excluding hydrogens is 340 g/mol. The molecule has 0 radical (unpaired) electrons. The first kappa shape index (κ1) is 17.9. The molecule has 0 spiro atoms. The minimum atomic E-state index is -0.651. The molecular formula is C22H26N2O3. The number of fused-ring (bicyclic) bond motifs is 1. The summed E-state index contributed by atoms with van der Waals surface area (Å²) in [6.45, 7) is 1.39. The molecule has 2 N–H and O–H groups in total. The molecule has 0 bridgehead atoms. The van der Waals surface area contributed by atoms with Crippen molar-refractivity contribution in [1.82, 2.24) is 4.90 Å². The van der Waals surface area contributed by atoms with Crippen molar-refractivity contribution in [2.75, 3.05) is 25.5 Å². The Kier molecular flexibility index (Phi) is 4.79. The minimum Gasteiger partial charge on any atom is -0.495 e. The molecule has 1 aliphatic carbocycles. The van der Waals surface area contributed by atoms with Gasteiger partial charge in [-0.25, -0.2) is 4.79 Å². The summed E-state index contributed by atoms with van der Waals surface area (Å²) in [6, 6.07) is 17.5. The van der Waals surface area contributed by atoms with E-state index in [2.05, 4.69) is 17.4 Å². The number of nitrogens with zero attached hydrogens (tertiary/aromatic N) is 1. The summed E-state index contributed by atoms with van der Waals surface area (Å²) in [5.74, 6) is 1.38. The van der Waals surface area contributed by atoms with Crippen LogP contribution in [0.15, 0.2) is 54.6 Å². The van der Waals surface area contributed by atoms with Crippen LogP contribution in [-0.2, 0) is 6.42 Å². The van der Waals surface area contributed by atoms with E-state index in [0.717, 1.165) is 12.8 Å². The van der Waals surface area contributed by atoms with Crippen LogP contribution in [0.3, 0.4) is 0 Å². The molecule has 0 aromatic heterocycles. The molecule has 2 amide bonds. The van der Waals surface area contributed by atoms with E-state index in [1.54, 1.807) is 7.11 Å². The predicted octanol–water partition coefficient (Wildman–Crippen LogP) is 3.54. The van der Waals surface area contributed by atoms with Gasteiger partial charge in [0.1, 0.15) is 5.75 Å². The number of amides is 2. The van der Waals surface area contributed by atoms with E-state index in [0.29, 0.717) is 42.8 Å². The third kappa shape index (κ3) is 3.78. The quantitative estimate of drug-likeness (QED) is 0.870. The fourth-order valence-electron chi connectivity index (χ4n) is 4.69. The van der Waals surface area contributed by atoms with Gasteiger partial charge in [0, 0.05) is 19.5 Å². The summed E-state index contributed by atoms with van der Waals surface area (Å²) in [5, 5.41) is 14.0. The SMILES string of the molecule is COc1ccccc1NC(=O)N1C[C@@H]2CC(O)(Cc3ccccc3)C[C@@H]2C1. The van der Waals surface area contributed by atoms with E-state index in [1.165, 1.54) is 5.56 Å². The number of aliphatic hydroxyl groups is 1. The number of urea groups is 1. The lowest BCUT2D eigenvalue weighted by atomic mass is 9.91. The Hall–Kier alpha value is -2.53. The van der Waals surface area contributed by atoms with E-state index in [4.69, 9.17) is 4.74 Å². The summed E-state index contributed by atoms with van der Waals surface area (Å²) in [7, 11) is 1.60. The Bertz CT molecular complexity index is 794. The molecule has 1 aliphatic heterocycles.